The second-order valence-corrected chi connectivity index (χ2v) is 7.48. The van der Waals surface area contributed by atoms with E-state index in [1.54, 1.807) is 29.5 Å². The molecule has 114 valence electrons. The van der Waals surface area contributed by atoms with Gasteiger partial charge in [0.15, 0.2) is 0 Å². The number of hydrogen-bond acceptors (Lipinski definition) is 4. The number of sulfonamides is 1. The summed E-state index contributed by atoms with van der Waals surface area (Å²) in [5.74, 6) is 0. The standard InChI is InChI=1S/C15H20N2O2S2/c1-3-16-14-9-5-6-10-15(14)21(18,19)17(4-2)12-13-8-7-11-20-13/h5-11,16H,3-4,12H2,1-2H3. The molecule has 0 saturated heterocycles. The summed E-state index contributed by atoms with van der Waals surface area (Å²) in [6.07, 6.45) is 0. The van der Waals surface area contributed by atoms with E-state index in [1.807, 2.05) is 37.4 Å². The lowest BCUT2D eigenvalue weighted by molar-refractivity contribution is 0.426. The van der Waals surface area contributed by atoms with Crippen LogP contribution in [0.1, 0.15) is 18.7 Å². The molecule has 0 spiro atoms. The van der Waals surface area contributed by atoms with Crippen LogP contribution in [-0.4, -0.2) is 25.8 Å². The number of hydrogen-bond donors (Lipinski definition) is 1. The molecular weight excluding hydrogens is 304 g/mol. The minimum Gasteiger partial charge on any atom is -0.384 e. The Bertz CT molecular complexity index is 667. The number of thiophene rings is 1. The number of para-hydroxylation sites is 1. The highest BCUT2D eigenvalue weighted by molar-refractivity contribution is 7.89. The monoisotopic (exact) mass is 324 g/mol. The van der Waals surface area contributed by atoms with Gasteiger partial charge in [-0.3, -0.25) is 0 Å². The van der Waals surface area contributed by atoms with E-state index in [4.69, 9.17) is 0 Å². The predicted molar refractivity (Wildman–Crippen MR) is 88.2 cm³/mol. The highest BCUT2D eigenvalue weighted by Crippen LogP contribution is 2.26. The Morgan fingerprint density at radius 1 is 1.14 bits per heavy atom. The molecule has 0 aliphatic heterocycles. The summed E-state index contributed by atoms with van der Waals surface area (Å²) in [7, 11) is -3.50. The summed E-state index contributed by atoms with van der Waals surface area (Å²) in [5.41, 5.74) is 0.657. The quantitative estimate of drug-likeness (QED) is 0.849. The van der Waals surface area contributed by atoms with Gasteiger partial charge in [-0.25, -0.2) is 8.42 Å². The van der Waals surface area contributed by atoms with E-state index >= 15 is 0 Å². The van der Waals surface area contributed by atoms with Crippen molar-refractivity contribution in [3.8, 4) is 0 Å². The molecule has 1 aromatic carbocycles. The number of rotatable bonds is 7. The van der Waals surface area contributed by atoms with E-state index in [-0.39, 0.29) is 0 Å². The molecular formula is C15H20N2O2S2. The molecule has 0 bridgehead atoms. The summed E-state index contributed by atoms with van der Waals surface area (Å²) in [4.78, 5) is 1.38. The van der Waals surface area contributed by atoms with Crippen molar-refractivity contribution in [2.75, 3.05) is 18.4 Å². The fourth-order valence-electron chi connectivity index (χ4n) is 2.11. The maximum Gasteiger partial charge on any atom is 0.245 e. The first-order valence-corrected chi connectivity index (χ1v) is 9.27. The zero-order valence-corrected chi connectivity index (χ0v) is 13.9. The van der Waals surface area contributed by atoms with Crippen LogP contribution < -0.4 is 5.32 Å². The van der Waals surface area contributed by atoms with Gasteiger partial charge in [0.1, 0.15) is 4.90 Å². The summed E-state index contributed by atoms with van der Waals surface area (Å²) in [5, 5.41) is 5.08. The number of anilines is 1. The maximum absolute atomic E-state index is 12.9. The Balaban J connectivity index is 2.35. The topological polar surface area (TPSA) is 49.4 Å². The lowest BCUT2D eigenvalue weighted by Gasteiger charge is -2.21. The normalized spacial score (nSPS) is 11.8. The minimum atomic E-state index is -3.50. The Hall–Kier alpha value is -1.37. The summed E-state index contributed by atoms with van der Waals surface area (Å²) in [6.45, 7) is 5.36. The Labute approximate surface area is 130 Å². The van der Waals surface area contributed by atoms with Crippen LogP contribution in [-0.2, 0) is 16.6 Å². The number of nitrogens with zero attached hydrogens (tertiary/aromatic N) is 1. The molecule has 0 amide bonds. The van der Waals surface area contributed by atoms with Crippen molar-refractivity contribution in [3.05, 3.63) is 46.7 Å². The molecule has 6 heteroatoms. The van der Waals surface area contributed by atoms with Gasteiger partial charge in [-0.2, -0.15) is 4.31 Å². The molecule has 0 saturated carbocycles. The molecule has 0 aliphatic carbocycles. The van der Waals surface area contributed by atoms with Crippen LogP contribution in [0.3, 0.4) is 0 Å². The molecule has 0 aliphatic rings. The van der Waals surface area contributed by atoms with Crippen molar-refractivity contribution in [1.82, 2.24) is 4.31 Å². The van der Waals surface area contributed by atoms with Crippen LogP contribution in [0.25, 0.3) is 0 Å². The van der Waals surface area contributed by atoms with Gasteiger partial charge in [-0.1, -0.05) is 25.1 Å². The fourth-order valence-corrected chi connectivity index (χ4v) is 4.51. The molecule has 21 heavy (non-hydrogen) atoms. The van der Waals surface area contributed by atoms with Crippen molar-refractivity contribution in [3.63, 3.8) is 0 Å². The molecule has 0 radical (unpaired) electrons. The van der Waals surface area contributed by atoms with Gasteiger partial charge in [-0.05, 0) is 30.5 Å². The van der Waals surface area contributed by atoms with Crippen molar-refractivity contribution in [2.24, 2.45) is 0 Å². The molecule has 2 rings (SSSR count). The number of nitrogens with one attached hydrogen (secondary N) is 1. The molecule has 1 heterocycles. The Kier molecular flexibility index (Phi) is 5.39. The van der Waals surface area contributed by atoms with Crippen LogP contribution in [0.5, 0.6) is 0 Å². The average molecular weight is 324 g/mol. The third-order valence-electron chi connectivity index (χ3n) is 3.14. The van der Waals surface area contributed by atoms with Crippen LogP contribution in [0.4, 0.5) is 5.69 Å². The van der Waals surface area contributed by atoms with E-state index in [0.717, 1.165) is 4.88 Å². The lowest BCUT2D eigenvalue weighted by Crippen LogP contribution is -2.30. The molecule has 2 aromatic rings. The summed E-state index contributed by atoms with van der Waals surface area (Å²) >= 11 is 1.57. The highest BCUT2D eigenvalue weighted by atomic mass is 32.2. The maximum atomic E-state index is 12.9. The van der Waals surface area contributed by atoms with Gasteiger partial charge < -0.3 is 5.32 Å². The second kappa shape index (κ2) is 7.06. The SMILES string of the molecule is CCNc1ccccc1S(=O)(=O)N(CC)Cc1cccs1. The van der Waals surface area contributed by atoms with Crippen molar-refractivity contribution in [1.29, 1.82) is 0 Å². The van der Waals surface area contributed by atoms with Crippen molar-refractivity contribution >= 4 is 27.0 Å². The van der Waals surface area contributed by atoms with Gasteiger partial charge in [0.25, 0.3) is 0 Å². The van der Waals surface area contributed by atoms with E-state index in [9.17, 15) is 8.42 Å². The van der Waals surface area contributed by atoms with Crippen LogP contribution in [0, 0.1) is 0 Å². The first-order chi connectivity index (χ1) is 10.1. The average Bonchev–Trinajstić information content (AvgIpc) is 2.98. The lowest BCUT2D eigenvalue weighted by atomic mass is 10.3. The Morgan fingerprint density at radius 2 is 1.90 bits per heavy atom. The minimum absolute atomic E-state index is 0.338. The van der Waals surface area contributed by atoms with E-state index < -0.39 is 10.0 Å². The van der Waals surface area contributed by atoms with Gasteiger partial charge >= 0.3 is 0 Å². The molecule has 1 N–H and O–H groups in total. The molecule has 4 nitrogen and oxygen atoms in total. The zero-order chi connectivity index (χ0) is 15.3. The molecule has 0 unspecified atom stereocenters. The van der Waals surface area contributed by atoms with Gasteiger partial charge in [0.05, 0.1) is 5.69 Å². The van der Waals surface area contributed by atoms with Gasteiger partial charge in [-0.15, -0.1) is 11.3 Å². The highest BCUT2D eigenvalue weighted by Gasteiger charge is 2.25. The number of benzene rings is 1. The second-order valence-electron chi connectivity index (χ2n) is 4.54. The van der Waals surface area contributed by atoms with Crippen molar-refractivity contribution < 1.29 is 8.42 Å². The molecule has 0 fully saturated rings. The third kappa shape index (κ3) is 3.64. The van der Waals surface area contributed by atoms with E-state index in [0.29, 0.717) is 30.2 Å². The van der Waals surface area contributed by atoms with E-state index in [1.165, 1.54) is 4.31 Å². The van der Waals surface area contributed by atoms with Crippen LogP contribution >= 0.6 is 11.3 Å². The van der Waals surface area contributed by atoms with Gasteiger partial charge in [0.2, 0.25) is 10.0 Å². The van der Waals surface area contributed by atoms with Crippen LogP contribution in [0.2, 0.25) is 0 Å². The summed E-state index contributed by atoms with van der Waals surface area (Å²) in [6, 6.07) is 10.9. The summed E-state index contributed by atoms with van der Waals surface area (Å²) < 4.78 is 27.3. The largest absolute Gasteiger partial charge is 0.384 e. The van der Waals surface area contributed by atoms with Crippen molar-refractivity contribution in [2.45, 2.75) is 25.3 Å². The fraction of sp³-hybridized carbons (Fsp3) is 0.333. The zero-order valence-electron chi connectivity index (χ0n) is 12.2. The van der Waals surface area contributed by atoms with Gasteiger partial charge in [0, 0.05) is 24.5 Å². The Morgan fingerprint density at radius 3 is 2.52 bits per heavy atom. The third-order valence-corrected chi connectivity index (χ3v) is 5.98. The molecule has 0 atom stereocenters. The first kappa shape index (κ1) is 16.0. The predicted octanol–water partition coefficient (Wildman–Crippen LogP) is 3.39. The smallest absolute Gasteiger partial charge is 0.245 e. The molecule has 1 aromatic heterocycles. The first-order valence-electron chi connectivity index (χ1n) is 6.95. The van der Waals surface area contributed by atoms with Crippen LogP contribution in [0.15, 0.2) is 46.7 Å². The van der Waals surface area contributed by atoms with E-state index in [2.05, 4.69) is 5.32 Å².